The highest BCUT2D eigenvalue weighted by atomic mass is 32.1. The SMILES string of the molecule is CCC(=O)Nc1ccc(N2C(=S)N[C@@H](c3ccccn3)[C@@H]2c2cccn2C2CCCCC2)cc1C. The third kappa shape index (κ3) is 4.69. The standard InChI is InChI=1S/C28H33N5OS/c1-3-25(34)30-22-15-14-21(18-19(22)2)33-27(26(31-28(33)35)23-12-7-8-16-29-23)24-13-9-17-32(24)20-10-5-4-6-11-20/h7-9,12-18,20,26-27H,3-6,10-11H2,1-2H3,(H,30,34)(H,31,35)/t26-,27-/m0/s1. The Hall–Kier alpha value is -3.19. The van der Waals surface area contributed by atoms with E-state index < -0.39 is 0 Å². The van der Waals surface area contributed by atoms with Crippen LogP contribution in [0.3, 0.4) is 0 Å². The van der Waals surface area contributed by atoms with Crippen LogP contribution in [-0.2, 0) is 4.79 Å². The molecule has 0 unspecified atom stereocenters. The van der Waals surface area contributed by atoms with Crippen LogP contribution in [0.2, 0.25) is 0 Å². The van der Waals surface area contributed by atoms with Crippen molar-refractivity contribution in [1.29, 1.82) is 0 Å². The summed E-state index contributed by atoms with van der Waals surface area (Å²) >= 11 is 5.92. The van der Waals surface area contributed by atoms with Gasteiger partial charge in [0, 0.05) is 41.9 Å². The lowest BCUT2D eigenvalue weighted by molar-refractivity contribution is -0.115. The van der Waals surface area contributed by atoms with Gasteiger partial charge in [0.2, 0.25) is 5.91 Å². The molecular weight excluding hydrogens is 454 g/mol. The summed E-state index contributed by atoms with van der Waals surface area (Å²) in [5.41, 5.74) is 5.08. The summed E-state index contributed by atoms with van der Waals surface area (Å²) in [4.78, 5) is 18.9. The maximum atomic E-state index is 12.0. The Morgan fingerprint density at radius 1 is 1.14 bits per heavy atom. The average molecular weight is 488 g/mol. The molecule has 182 valence electrons. The van der Waals surface area contributed by atoms with Crippen LogP contribution in [0.1, 0.15) is 80.5 Å². The van der Waals surface area contributed by atoms with Crippen molar-refractivity contribution in [2.45, 2.75) is 70.5 Å². The van der Waals surface area contributed by atoms with Gasteiger partial charge < -0.3 is 20.1 Å². The minimum absolute atomic E-state index is 0.0117. The van der Waals surface area contributed by atoms with E-state index in [0.29, 0.717) is 17.6 Å². The molecule has 0 spiro atoms. The average Bonchev–Trinajstić information content (AvgIpc) is 3.50. The molecule has 2 N–H and O–H groups in total. The van der Waals surface area contributed by atoms with Gasteiger partial charge in [-0.1, -0.05) is 32.3 Å². The molecule has 5 rings (SSSR count). The second-order valence-corrected chi connectivity index (χ2v) is 9.92. The van der Waals surface area contributed by atoms with Crippen molar-refractivity contribution >= 4 is 34.6 Å². The number of thiocarbonyl (C=S) groups is 1. The Morgan fingerprint density at radius 3 is 2.69 bits per heavy atom. The predicted octanol–water partition coefficient (Wildman–Crippen LogP) is 6.22. The zero-order chi connectivity index (χ0) is 24.4. The molecule has 1 saturated heterocycles. The first-order valence-corrected chi connectivity index (χ1v) is 13.1. The highest BCUT2D eigenvalue weighted by molar-refractivity contribution is 7.80. The van der Waals surface area contributed by atoms with Gasteiger partial charge >= 0.3 is 0 Å². The fourth-order valence-electron chi connectivity index (χ4n) is 5.46. The number of hydrogen-bond donors (Lipinski definition) is 2. The summed E-state index contributed by atoms with van der Waals surface area (Å²) in [6, 6.07) is 17.0. The number of nitrogens with one attached hydrogen (secondary N) is 2. The molecule has 35 heavy (non-hydrogen) atoms. The number of carbonyl (C=O) groups is 1. The topological polar surface area (TPSA) is 62.2 Å². The van der Waals surface area contributed by atoms with E-state index in [9.17, 15) is 4.79 Å². The van der Waals surface area contributed by atoms with Crippen LogP contribution in [0.4, 0.5) is 11.4 Å². The Morgan fingerprint density at radius 2 is 1.97 bits per heavy atom. The number of anilines is 2. The molecule has 2 fully saturated rings. The quantitative estimate of drug-likeness (QED) is 0.404. The number of benzene rings is 1. The molecule has 1 aromatic carbocycles. The van der Waals surface area contributed by atoms with Gasteiger partial charge in [0.05, 0.1) is 11.7 Å². The number of carbonyl (C=O) groups excluding carboxylic acids is 1. The molecule has 7 heteroatoms. The number of rotatable bonds is 6. The Kier molecular flexibility index (Phi) is 6.86. The van der Waals surface area contributed by atoms with Gasteiger partial charge in [-0.25, -0.2) is 0 Å². The summed E-state index contributed by atoms with van der Waals surface area (Å²) in [6.45, 7) is 3.88. The minimum atomic E-state index is -0.0688. The van der Waals surface area contributed by atoms with Crippen LogP contribution in [0.25, 0.3) is 0 Å². The summed E-state index contributed by atoms with van der Waals surface area (Å²) in [5.74, 6) is 0.0117. The van der Waals surface area contributed by atoms with E-state index in [2.05, 4.69) is 50.6 Å². The smallest absolute Gasteiger partial charge is 0.224 e. The first-order valence-electron chi connectivity index (χ1n) is 12.6. The minimum Gasteiger partial charge on any atom is -0.351 e. The number of aryl methyl sites for hydroxylation is 1. The van der Waals surface area contributed by atoms with Gasteiger partial charge in [0.1, 0.15) is 6.04 Å². The van der Waals surface area contributed by atoms with Gasteiger partial charge in [-0.15, -0.1) is 0 Å². The molecule has 3 heterocycles. The van der Waals surface area contributed by atoms with E-state index in [0.717, 1.165) is 22.6 Å². The van der Waals surface area contributed by atoms with Crippen LogP contribution in [-0.4, -0.2) is 20.6 Å². The summed E-state index contributed by atoms with van der Waals surface area (Å²) in [7, 11) is 0. The van der Waals surface area contributed by atoms with Gasteiger partial charge in [-0.05, 0) is 80.0 Å². The molecule has 2 aliphatic rings. The normalized spacial score (nSPS) is 20.6. The number of pyridine rings is 1. The molecule has 1 amide bonds. The molecule has 1 aliphatic heterocycles. The molecule has 6 nitrogen and oxygen atoms in total. The van der Waals surface area contributed by atoms with Crippen LogP contribution < -0.4 is 15.5 Å². The van der Waals surface area contributed by atoms with E-state index in [-0.39, 0.29) is 18.0 Å². The number of amides is 1. The molecule has 0 bridgehead atoms. The van der Waals surface area contributed by atoms with Crippen molar-refractivity contribution in [3.63, 3.8) is 0 Å². The maximum Gasteiger partial charge on any atom is 0.224 e. The van der Waals surface area contributed by atoms with Crippen molar-refractivity contribution < 1.29 is 4.79 Å². The lowest BCUT2D eigenvalue weighted by atomic mass is 9.94. The van der Waals surface area contributed by atoms with E-state index in [1.54, 1.807) is 0 Å². The molecule has 3 aromatic rings. The highest BCUT2D eigenvalue weighted by Gasteiger charge is 2.42. The molecule has 1 aliphatic carbocycles. The van der Waals surface area contributed by atoms with Crippen molar-refractivity contribution in [3.8, 4) is 0 Å². The zero-order valence-corrected chi connectivity index (χ0v) is 21.2. The second kappa shape index (κ2) is 10.2. The van der Waals surface area contributed by atoms with E-state index in [1.807, 2.05) is 44.3 Å². The zero-order valence-electron chi connectivity index (χ0n) is 20.4. The van der Waals surface area contributed by atoms with Crippen molar-refractivity contribution in [2.75, 3.05) is 10.2 Å². The molecular formula is C28H33N5OS. The number of aromatic nitrogens is 2. The highest BCUT2D eigenvalue weighted by Crippen LogP contribution is 2.44. The van der Waals surface area contributed by atoms with Crippen LogP contribution in [0, 0.1) is 6.92 Å². The largest absolute Gasteiger partial charge is 0.351 e. The Labute approximate surface area is 212 Å². The molecule has 0 radical (unpaired) electrons. The summed E-state index contributed by atoms with van der Waals surface area (Å²) in [6.07, 6.45) is 10.8. The van der Waals surface area contributed by atoms with E-state index in [4.69, 9.17) is 17.2 Å². The Balaban J connectivity index is 1.57. The van der Waals surface area contributed by atoms with Crippen LogP contribution in [0.5, 0.6) is 0 Å². The first-order chi connectivity index (χ1) is 17.1. The first kappa shape index (κ1) is 23.5. The van der Waals surface area contributed by atoms with Gasteiger partial charge in [-0.2, -0.15) is 0 Å². The molecule has 1 saturated carbocycles. The van der Waals surface area contributed by atoms with Gasteiger partial charge in [0.15, 0.2) is 5.11 Å². The number of hydrogen-bond acceptors (Lipinski definition) is 3. The lowest BCUT2D eigenvalue weighted by Crippen LogP contribution is -2.31. The summed E-state index contributed by atoms with van der Waals surface area (Å²) in [5, 5.41) is 7.26. The molecule has 2 aromatic heterocycles. The third-order valence-corrected chi connectivity index (χ3v) is 7.58. The fourth-order valence-corrected chi connectivity index (χ4v) is 5.81. The number of nitrogens with zero attached hydrogens (tertiary/aromatic N) is 3. The lowest BCUT2D eigenvalue weighted by Gasteiger charge is -2.32. The van der Waals surface area contributed by atoms with Crippen LogP contribution >= 0.6 is 12.2 Å². The maximum absolute atomic E-state index is 12.0. The third-order valence-electron chi connectivity index (χ3n) is 7.26. The van der Waals surface area contributed by atoms with Crippen molar-refractivity contribution in [2.24, 2.45) is 0 Å². The Bertz CT molecular complexity index is 1200. The molecule has 2 atom stereocenters. The van der Waals surface area contributed by atoms with E-state index in [1.165, 1.54) is 37.8 Å². The monoisotopic (exact) mass is 487 g/mol. The van der Waals surface area contributed by atoms with Crippen molar-refractivity contribution in [3.05, 3.63) is 77.9 Å². The van der Waals surface area contributed by atoms with Gasteiger partial charge in [0.25, 0.3) is 0 Å². The van der Waals surface area contributed by atoms with Crippen molar-refractivity contribution in [1.82, 2.24) is 14.9 Å². The fraction of sp³-hybridized carbons (Fsp3) is 0.393. The van der Waals surface area contributed by atoms with Crippen LogP contribution in [0.15, 0.2) is 60.9 Å². The van der Waals surface area contributed by atoms with Gasteiger partial charge in [-0.3, -0.25) is 9.78 Å². The summed E-state index contributed by atoms with van der Waals surface area (Å²) < 4.78 is 2.48. The van der Waals surface area contributed by atoms with E-state index >= 15 is 0 Å². The second-order valence-electron chi connectivity index (χ2n) is 9.53. The predicted molar refractivity (Wildman–Crippen MR) is 145 cm³/mol.